The molecule has 0 aromatic heterocycles. The van der Waals surface area contributed by atoms with Crippen LogP contribution in [0.5, 0.6) is 0 Å². The van der Waals surface area contributed by atoms with Gasteiger partial charge in [0.25, 0.3) is 0 Å². The highest BCUT2D eigenvalue weighted by Gasteiger charge is 2.10. The normalized spacial score (nSPS) is 9.83. The first kappa shape index (κ1) is 9.16. The van der Waals surface area contributed by atoms with Gasteiger partial charge in [-0.15, -0.1) is 0 Å². The Morgan fingerprint density at radius 2 is 1.92 bits per heavy atom. The summed E-state index contributed by atoms with van der Waals surface area (Å²) in [5.74, 6) is -0.622. The number of nitrogen functional groups attached to an aromatic ring is 1. The number of hydrogen-bond acceptors (Lipinski definition) is 2. The number of amides is 1. The molecule has 1 aromatic carbocycles. The lowest BCUT2D eigenvalue weighted by Gasteiger charge is -2.03. The van der Waals surface area contributed by atoms with Crippen LogP contribution in [-0.2, 0) is 0 Å². The zero-order chi connectivity index (χ0) is 9.30. The predicted molar refractivity (Wildman–Crippen MR) is 49.4 cm³/mol. The number of primary amides is 1. The van der Waals surface area contributed by atoms with Gasteiger partial charge in [-0.2, -0.15) is 0 Å². The van der Waals surface area contributed by atoms with Crippen LogP contribution < -0.4 is 11.5 Å². The monoisotopic (exact) mass is 204 g/mol. The second-order valence-electron chi connectivity index (χ2n) is 2.19. The zero-order valence-electron chi connectivity index (χ0n) is 5.97. The molecule has 3 nitrogen and oxygen atoms in total. The summed E-state index contributed by atoms with van der Waals surface area (Å²) in [6.45, 7) is 0. The number of hydrogen-bond donors (Lipinski definition) is 2. The van der Waals surface area contributed by atoms with Crippen LogP contribution in [0.3, 0.4) is 0 Å². The molecular formula is C7H6Cl2N2O. The molecular weight excluding hydrogens is 199 g/mol. The van der Waals surface area contributed by atoms with E-state index in [1.165, 1.54) is 12.1 Å². The number of halogens is 2. The minimum Gasteiger partial charge on any atom is -0.396 e. The molecule has 1 rings (SSSR count). The second-order valence-corrected chi connectivity index (χ2v) is 2.97. The maximum Gasteiger partial charge on any atom is 0.250 e. The van der Waals surface area contributed by atoms with Crippen LogP contribution in [-0.4, -0.2) is 5.91 Å². The lowest BCUT2D eigenvalue weighted by Crippen LogP contribution is -2.12. The fourth-order valence-corrected chi connectivity index (χ4v) is 1.22. The molecule has 1 aromatic rings. The topological polar surface area (TPSA) is 69.1 Å². The van der Waals surface area contributed by atoms with Crippen LogP contribution in [0.4, 0.5) is 5.69 Å². The first-order chi connectivity index (χ1) is 5.54. The highest BCUT2D eigenvalue weighted by molar-refractivity contribution is 6.40. The van der Waals surface area contributed by atoms with Crippen molar-refractivity contribution < 1.29 is 4.79 Å². The highest BCUT2D eigenvalue weighted by Crippen LogP contribution is 2.29. The molecule has 0 aliphatic heterocycles. The molecule has 0 radical (unpaired) electrons. The lowest BCUT2D eigenvalue weighted by molar-refractivity contribution is 0.100. The van der Waals surface area contributed by atoms with Gasteiger partial charge in [0.1, 0.15) is 0 Å². The number of carbonyl (C=O) groups excluding carboxylic acids is 1. The molecule has 12 heavy (non-hydrogen) atoms. The summed E-state index contributed by atoms with van der Waals surface area (Å²) in [4.78, 5) is 10.7. The third-order valence-electron chi connectivity index (χ3n) is 1.39. The van der Waals surface area contributed by atoms with Crippen LogP contribution >= 0.6 is 23.2 Å². The molecule has 5 heteroatoms. The van der Waals surface area contributed by atoms with E-state index in [0.717, 1.165) is 0 Å². The average molecular weight is 205 g/mol. The SMILES string of the molecule is NC(=O)c1ccc(Cl)c(N)c1Cl. The molecule has 0 atom stereocenters. The van der Waals surface area contributed by atoms with Crippen molar-refractivity contribution in [2.45, 2.75) is 0 Å². The molecule has 0 bridgehead atoms. The molecule has 0 unspecified atom stereocenters. The van der Waals surface area contributed by atoms with Gasteiger partial charge in [-0.1, -0.05) is 23.2 Å². The fourth-order valence-electron chi connectivity index (χ4n) is 0.760. The van der Waals surface area contributed by atoms with Gasteiger partial charge in [0.2, 0.25) is 5.91 Å². The van der Waals surface area contributed by atoms with Crippen molar-refractivity contribution in [2.75, 3.05) is 5.73 Å². The third kappa shape index (κ3) is 1.47. The summed E-state index contributed by atoms with van der Waals surface area (Å²) in [5.41, 5.74) is 10.8. The Morgan fingerprint density at radius 1 is 1.33 bits per heavy atom. The summed E-state index contributed by atoms with van der Waals surface area (Å²) in [7, 11) is 0. The molecule has 0 aliphatic rings. The summed E-state index contributed by atoms with van der Waals surface area (Å²) in [6.07, 6.45) is 0. The summed E-state index contributed by atoms with van der Waals surface area (Å²) < 4.78 is 0. The van der Waals surface area contributed by atoms with Gasteiger partial charge in [-0.3, -0.25) is 4.79 Å². The van der Waals surface area contributed by atoms with Crippen molar-refractivity contribution in [1.29, 1.82) is 0 Å². The van der Waals surface area contributed by atoms with Crippen LogP contribution in [0, 0.1) is 0 Å². The molecule has 0 saturated carbocycles. The maximum atomic E-state index is 10.7. The van der Waals surface area contributed by atoms with E-state index in [1.54, 1.807) is 0 Å². The quantitative estimate of drug-likeness (QED) is 0.684. The third-order valence-corrected chi connectivity index (χ3v) is 2.13. The van der Waals surface area contributed by atoms with E-state index in [2.05, 4.69) is 0 Å². The Balaban J connectivity index is 3.36. The molecule has 4 N–H and O–H groups in total. The van der Waals surface area contributed by atoms with E-state index in [0.29, 0.717) is 5.02 Å². The Kier molecular flexibility index (Phi) is 2.45. The van der Waals surface area contributed by atoms with Gasteiger partial charge in [0.15, 0.2) is 0 Å². The minimum absolute atomic E-state index is 0.106. The maximum absolute atomic E-state index is 10.7. The van der Waals surface area contributed by atoms with Gasteiger partial charge in [0, 0.05) is 0 Å². The van der Waals surface area contributed by atoms with Crippen molar-refractivity contribution in [3.05, 3.63) is 27.7 Å². The number of carbonyl (C=O) groups is 1. The Labute approximate surface area is 79.2 Å². The van der Waals surface area contributed by atoms with Gasteiger partial charge in [-0.05, 0) is 12.1 Å². The fraction of sp³-hybridized carbons (Fsp3) is 0. The first-order valence-electron chi connectivity index (χ1n) is 3.07. The molecule has 0 fully saturated rings. The summed E-state index contributed by atoms with van der Waals surface area (Å²) >= 11 is 11.3. The smallest absolute Gasteiger partial charge is 0.250 e. The predicted octanol–water partition coefficient (Wildman–Crippen LogP) is 1.67. The first-order valence-corrected chi connectivity index (χ1v) is 3.83. The molecule has 0 spiro atoms. The van der Waals surface area contributed by atoms with Crippen LogP contribution in [0.15, 0.2) is 12.1 Å². The Hall–Kier alpha value is -0.930. The van der Waals surface area contributed by atoms with Crippen molar-refractivity contribution in [3.8, 4) is 0 Å². The average Bonchev–Trinajstić information content (AvgIpc) is 2.00. The lowest BCUT2D eigenvalue weighted by atomic mass is 10.2. The largest absolute Gasteiger partial charge is 0.396 e. The number of benzene rings is 1. The van der Waals surface area contributed by atoms with Crippen molar-refractivity contribution in [3.63, 3.8) is 0 Å². The molecule has 0 heterocycles. The van der Waals surface area contributed by atoms with Gasteiger partial charge in [-0.25, -0.2) is 0 Å². The Bertz CT molecular complexity index is 338. The van der Waals surface area contributed by atoms with Crippen molar-refractivity contribution >= 4 is 34.8 Å². The van der Waals surface area contributed by atoms with Crippen LogP contribution in [0.2, 0.25) is 10.0 Å². The summed E-state index contributed by atoms with van der Waals surface area (Å²) in [5, 5.41) is 0.417. The van der Waals surface area contributed by atoms with Crippen LogP contribution in [0.25, 0.3) is 0 Å². The minimum atomic E-state index is -0.622. The van der Waals surface area contributed by atoms with E-state index in [9.17, 15) is 4.79 Å². The highest BCUT2D eigenvalue weighted by atomic mass is 35.5. The number of anilines is 1. The Morgan fingerprint density at radius 3 is 2.42 bits per heavy atom. The van der Waals surface area contributed by atoms with Crippen molar-refractivity contribution in [2.24, 2.45) is 5.73 Å². The summed E-state index contributed by atoms with van der Waals surface area (Å²) in [6, 6.07) is 2.91. The van der Waals surface area contributed by atoms with Gasteiger partial charge in [0.05, 0.1) is 21.3 Å². The number of rotatable bonds is 1. The van der Waals surface area contributed by atoms with E-state index in [-0.39, 0.29) is 16.3 Å². The molecule has 1 amide bonds. The standard InChI is InChI=1S/C7H6Cl2N2O/c8-4-2-1-3(7(11)12)5(9)6(4)10/h1-2H,10H2,(H2,11,12). The second kappa shape index (κ2) is 3.21. The molecule has 64 valence electrons. The van der Waals surface area contributed by atoms with Gasteiger partial charge < -0.3 is 11.5 Å². The molecule has 0 aliphatic carbocycles. The van der Waals surface area contributed by atoms with E-state index < -0.39 is 5.91 Å². The van der Waals surface area contributed by atoms with Crippen molar-refractivity contribution in [1.82, 2.24) is 0 Å². The number of nitrogens with two attached hydrogens (primary N) is 2. The van der Waals surface area contributed by atoms with Gasteiger partial charge >= 0.3 is 0 Å². The van der Waals surface area contributed by atoms with E-state index in [1.807, 2.05) is 0 Å². The zero-order valence-corrected chi connectivity index (χ0v) is 7.49. The van der Waals surface area contributed by atoms with E-state index in [4.69, 9.17) is 34.7 Å². The molecule has 0 saturated heterocycles. The van der Waals surface area contributed by atoms with E-state index >= 15 is 0 Å². The van der Waals surface area contributed by atoms with Crippen LogP contribution in [0.1, 0.15) is 10.4 Å².